The summed E-state index contributed by atoms with van der Waals surface area (Å²) in [5.41, 5.74) is -0.670. The predicted octanol–water partition coefficient (Wildman–Crippen LogP) is 2.55. The van der Waals surface area contributed by atoms with E-state index in [1.54, 1.807) is 6.92 Å². The number of carbonyl (C=O) groups excluding carboxylic acids is 1. The van der Waals surface area contributed by atoms with Gasteiger partial charge in [-0.3, -0.25) is 9.88 Å². The zero-order valence-electron chi connectivity index (χ0n) is 18.2. The Kier molecular flexibility index (Phi) is 9.98. The van der Waals surface area contributed by atoms with Gasteiger partial charge in [0.05, 0.1) is 18.3 Å². The number of rotatable bonds is 11. The van der Waals surface area contributed by atoms with E-state index in [9.17, 15) is 19.8 Å². The first-order valence-corrected chi connectivity index (χ1v) is 10.9. The summed E-state index contributed by atoms with van der Waals surface area (Å²) in [4.78, 5) is 28.2. The quantitative estimate of drug-likeness (QED) is 0.360. The lowest BCUT2D eigenvalue weighted by Gasteiger charge is -2.18. The molecule has 1 amide bonds. The fourth-order valence-electron chi connectivity index (χ4n) is 3.44. The predicted molar refractivity (Wildman–Crippen MR) is 116 cm³/mol. The number of hydrogen-bond donors (Lipinski definition) is 3. The van der Waals surface area contributed by atoms with Gasteiger partial charge in [0.25, 0.3) is 0 Å². The number of terminal acetylenes is 1. The minimum absolute atomic E-state index is 0.106. The molecule has 1 saturated heterocycles. The Balaban J connectivity index is 1.85. The first kappa shape index (κ1) is 24.9. The standard InChI is InChI=1S/C22H33N3O6/c1-4-6-7-8-9-10-11-12-13-30-22(29)24-19-16(5-2)14-25(21(28)23-19)20-18(27)17(26)15(3)31-20/h2,14-15,17-18,20,26-27H,4,6-13H2,1,3H3,(H,23,24,28,29)/t15-,17-,18-,20-/m1/s1. The van der Waals surface area contributed by atoms with Gasteiger partial charge in [-0.15, -0.1) is 6.42 Å². The molecule has 4 atom stereocenters. The van der Waals surface area contributed by atoms with Gasteiger partial charge in [-0.1, -0.05) is 57.8 Å². The molecule has 2 heterocycles. The van der Waals surface area contributed by atoms with Gasteiger partial charge in [-0.25, -0.2) is 9.59 Å². The fourth-order valence-corrected chi connectivity index (χ4v) is 3.44. The number of anilines is 1. The lowest BCUT2D eigenvalue weighted by atomic mass is 10.1. The Bertz CT molecular complexity index is 818. The van der Waals surface area contributed by atoms with Gasteiger partial charge in [0.15, 0.2) is 12.0 Å². The van der Waals surface area contributed by atoms with Crippen molar-refractivity contribution >= 4 is 11.9 Å². The van der Waals surface area contributed by atoms with Crippen LogP contribution < -0.4 is 11.0 Å². The highest BCUT2D eigenvalue weighted by Gasteiger charge is 2.42. The van der Waals surface area contributed by atoms with Crippen LogP contribution in [-0.4, -0.2) is 50.8 Å². The van der Waals surface area contributed by atoms with Gasteiger partial charge in [0.2, 0.25) is 0 Å². The average Bonchev–Trinajstić information content (AvgIpc) is 3.00. The Labute approximate surface area is 182 Å². The van der Waals surface area contributed by atoms with E-state index in [2.05, 4.69) is 23.1 Å². The Morgan fingerprint density at radius 2 is 1.87 bits per heavy atom. The van der Waals surface area contributed by atoms with Crippen molar-refractivity contribution in [3.63, 3.8) is 0 Å². The molecule has 31 heavy (non-hydrogen) atoms. The second-order valence-corrected chi connectivity index (χ2v) is 7.79. The molecule has 9 heteroatoms. The maximum Gasteiger partial charge on any atom is 0.412 e. The van der Waals surface area contributed by atoms with Crippen molar-refractivity contribution in [2.75, 3.05) is 11.9 Å². The summed E-state index contributed by atoms with van der Waals surface area (Å²) in [6, 6.07) is 0. The van der Waals surface area contributed by atoms with Crippen LogP contribution in [0.1, 0.15) is 77.0 Å². The largest absolute Gasteiger partial charge is 0.449 e. The first-order chi connectivity index (χ1) is 14.9. The monoisotopic (exact) mass is 435 g/mol. The Hall–Kier alpha value is -2.41. The Morgan fingerprint density at radius 3 is 2.45 bits per heavy atom. The third-order valence-electron chi connectivity index (χ3n) is 5.31. The maximum atomic E-state index is 12.4. The van der Waals surface area contributed by atoms with Crippen LogP contribution in [0.5, 0.6) is 0 Å². The molecule has 3 N–H and O–H groups in total. The molecule has 1 aliphatic heterocycles. The number of hydrogen-bond acceptors (Lipinski definition) is 7. The van der Waals surface area contributed by atoms with Gasteiger partial charge >= 0.3 is 11.8 Å². The molecular formula is C22H33N3O6. The van der Waals surface area contributed by atoms with E-state index in [1.165, 1.54) is 38.3 Å². The Morgan fingerprint density at radius 1 is 1.23 bits per heavy atom. The fraction of sp³-hybridized carbons (Fsp3) is 0.682. The van der Waals surface area contributed by atoms with E-state index < -0.39 is 36.3 Å². The van der Waals surface area contributed by atoms with Crippen LogP contribution in [0.3, 0.4) is 0 Å². The molecular weight excluding hydrogens is 402 g/mol. The molecule has 0 unspecified atom stereocenters. The lowest BCUT2D eigenvalue weighted by Crippen LogP contribution is -2.36. The normalized spacial score (nSPS) is 22.8. The lowest BCUT2D eigenvalue weighted by molar-refractivity contribution is -0.0350. The van der Waals surface area contributed by atoms with E-state index >= 15 is 0 Å². The van der Waals surface area contributed by atoms with Gasteiger partial charge < -0.3 is 19.7 Å². The summed E-state index contributed by atoms with van der Waals surface area (Å²) in [6.45, 7) is 4.03. The molecule has 0 bridgehead atoms. The van der Waals surface area contributed by atoms with Crippen LogP contribution in [0.25, 0.3) is 0 Å². The summed E-state index contributed by atoms with van der Waals surface area (Å²) in [6.07, 6.45) is 10.8. The number of unbranched alkanes of at least 4 members (excludes halogenated alkanes) is 7. The second kappa shape index (κ2) is 12.4. The summed E-state index contributed by atoms with van der Waals surface area (Å²) in [5, 5.41) is 22.3. The second-order valence-electron chi connectivity index (χ2n) is 7.79. The van der Waals surface area contributed by atoms with Crippen LogP contribution in [0, 0.1) is 12.3 Å². The van der Waals surface area contributed by atoms with Crippen LogP contribution in [-0.2, 0) is 9.47 Å². The molecule has 0 saturated carbocycles. The van der Waals surface area contributed by atoms with Crippen molar-refractivity contribution < 1.29 is 24.5 Å². The average molecular weight is 436 g/mol. The molecule has 9 nitrogen and oxygen atoms in total. The number of carbonyl (C=O) groups is 1. The van der Waals surface area contributed by atoms with Crippen LogP contribution in [0.4, 0.5) is 10.6 Å². The van der Waals surface area contributed by atoms with E-state index in [0.717, 1.165) is 23.8 Å². The smallest absolute Gasteiger partial charge is 0.412 e. The molecule has 0 aliphatic carbocycles. The highest BCUT2D eigenvalue weighted by molar-refractivity contribution is 5.84. The van der Waals surface area contributed by atoms with Crippen molar-refractivity contribution in [1.29, 1.82) is 0 Å². The highest BCUT2D eigenvalue weighted by atomic mass is 16.6. The van der Waals surface area contributed by atoms with Crippen molar-refractivity contribution in [3.8, 4) is 12.3 Å². The van der Waals surface area contributed by atoms with Crippen LogP contribution >= 0.6 is 0 Å². The van der Waals surface area contributed by atoms with Gasteiger partial charge in [-0.2, -0.15) is 4.98 Å². The molecule has 2 rings (SSSR count). The summed E-state index contributed by atoms with van der Waals surface area (Å²) in [7, 11) is 0. The summed E-state index contributed by atoms with van der Waals surface area (Å²) in [5.74, 6) is 2.24. The van der Waals surface area contributed by atoms with Crippen molar-refractivity contribution in [1.82, 2.24) is 9.55 Å². The van der Waals surface area contributed by atoms with E-state index in [-0.39, 0.29) is 18.0 Å². The van der Waals surface area contributed by atoms with Gasteiger partial charge in [-0.05, 0) is 13.3 Å². The number of amides is 1. The van der Waals surface area contributed by atoms with Gasteiger partial charge in [0, 0.05) is 6.20 Å². The zero-order valence-corrected chi connectivity index (χ0v) is 18.2. The molecule has 1 fully saturated rings. The van der Waals surface area contributed by atoms with Gasteiger partial charge in [0.1, 0.15) is 12.2 Å². The minimum atomic E-state index is -1.31. The number of ether oxygens (including phenoxy) is 2. The minimum Gasteiger partial charge on any atom is -0.449 e. The van der Waals surface area contributed by atoms with Crippen molar-refractivity contribution in [2.45, 2.75) is 89.8 Å². The summed E-state index contributed by atoms with van der Waals surface area (Å²) >= 11 is 0. The molecule has 1 aromatic heterocycles. The number of aliphatic hydroxyl groups excluding tert-OH is 2. The number of nitrogens with one attached hydrogen (secondary N) is 1. The van der Waals surface area contributed by atoms with Crippen LogP contribution in [0.2, 0.25) is 0 Å². The van der Waals surface area contributed by atoms with Crippen molar-refractivity contribution in [2.24, 2.45) is 0 Å². The van der Waals surface area contributed by atoms with E-state index in [4.69, 9.17) is 15.9 Å². The first-order valence-electron chi connectivity index (χ1n) is 10.9. The third kappa shape index (κ3) is 7.06. The number of aromatic nitrogens is 2. The molecule has 0 spiro atoms. The molecule has 1 aliphatic rings. The maximum absolute atomic E-state index is 12.4. The van der Waals surface area contributed by atoms with Crippen LogP contribution in [0.15, 0.2) is 11.0 Å². The zero-order chi connectivity index (χ0) is 22.8. The number of aliphatic hydroxyl groups is 2. The summed E-state index contributed by atoms with van der Waals surface area (Å²) < 4.78 is 11.6. The number of nitrogens with zero attached hydrogens (tertiary/aromatic N) is 2. The third-order valence-corrected chi connectivity index (χ3v) is 5.31. The van der Waals surface area contributed by atoms with E-state index in [1.807, 2.05) is 0 Å². The molecule has 172 valence electrons. The van der Waals surface area contributed by atoms with E-state index in [0.29, 0.717) is 0 Å². The van der Waals surface area contributed by atoms with Crippen molar-refractivity contribution in [3.05, 3.63) is 22.2 Å². The molecule has 0 radical (unpaired) electrons. The molecule has 1 aromatic rings. The SMILES string of the molecule is C#Cc1cn([C@@H]2O[C@H](C)[C@@H](O)[C@H]2O)c(=O)nc1NC(=O)OCCCCCCCCCC. The highest BCUT2D eigenvalue weighted by Crippen LogP contribution is 2.28. The molecule has 0 aromatic carbocycles. The topological polar surface area (TPSA) is 123 Å².